The minimum atomic E-state index is -0.637. The van der Waals surface area contributed by atoms with E-state index in [1.54, 1.807) is 20.1 Å². The summed E-state index contributed by atoms with van der Waals surface area (Å²) in [5.74, 6) is 0.221. The number of ether oxygens (including phenoxy) is 2. The maximum Gasteiger partial charge on any atom is 0.422 e. The third-order valence-corrected chi connectivity index (χ3v) is 3.82. The number of hydrogen-bond acceptors (Lipinski definition) is 5. The first-order valence-electron chi connectivity index (χ1n) is 7.74. The number of anilines is 1. The first kappa shape index (κ1) is 16.9. The molecule has 1 fully saturated rings. The van der Waals surface area contributed by atoms with Crippen LogP contribution in [0.1, 0.15) is 26.3 Å². The lowest BCUT2D eigenvalue weighted by molar-refractivity contribution is -0.123. The van der Waals surface area contributed by atoms with Crippen LogP contribution in [0.25, 0.3) is 6.08 Å². The molecule has 0 aliphatic carbocycles. The Kier molecular flexibility index (Phi) is 5.26. The van der Waals surface area contributed by atoms with Crippen molar-refractivity contribution in [1.82, 2.24) is 4.90 Å². The highest BCUT2D eigenvalue weighted by Gasteiger charge is 2.35. The van der Waals surface area contributed by atoms with Crippen LogP contribution >= 0.6 is 0 Å². The third-order valence-electron chi connectivity index (χ3n) is 3.82. The molecule has 1 aliphatic rings. The van der Waals surface area contributed by atoms with Gasteiger partial charge in [0.05, 0.1) is 7.11 Å². The van der Waals surface area contributed by atoms with E-state index in [0.717, 1.165) is 23.7 Å². The monoisotopic (exact) mass is 318 g/mol. The number of nitrogens with zero attached hydrogens (tertiary/aromatic N) is 2. The molecule has 6 heteroatoms. The summed E-state index contributed by atoms with van der Waals surface area (Å²) in [6.07, 6.45) is 0.906. The van der Waals surface area contributed by atoms with Gasteiger partial charge in [0.1, 0.15) is 5.75 Å². The summed E-state index contributed by atoms with van der Waals surface area (Å²) in [5.41, 5.74) is 1.73. The van der Waals surface area contributed by atoms with Gasteiger partial charge >= 0.3 is 6.09 Å². The average molecular weight is 318 g/mol. The zero-order valence-electron chi connectivity index (χ0n) is 14.0. The van der Waals surface area contributed by atoms with Crippen molar-refractivity contribution in [1.29, 1.82) is 0 Å². The van der Waals surface area contributed by atoms with Crippen LogP contribution in [0.5, 0.6) is 5.75 Å². The van der Waals surface area contributed by atoms with Crippen LogP contribution in [0.15, 0.2) is 24.0 Å². The fourth-order valence-electron chi connectivity index (χ4n) is 2.52. The van der Waals surface area contributed by atoms with Crippen LogP contribution in [-0.2, 0) is 9.53 Å². The van der Waals surface area contributed by atoms with Gasteiger partial charge in [-0.25, -0.2) is 9.69 Å². The van der Waals surface area contributed by atoms with E-state index in [-0.39, 0.29) is 12.3 Å². The number of hydrogen-bond donors (Lipinski definition) is 0. The molecule has 1 aromatic carbocycles. The number of carbonyl (C=O) groups excluding carboxylic acids is 2. The van der Waals surface area contributed by atoms with E-state index >= 15 is 0 Å². The molecular weight excluding hydrogens is 296 g/mol. The normalized spacial score (nSPS) is 16.0. The number of methoxy groups -OCH3 is 1. The molecule has 0 spiro atoms. The van der Waals surface area contributed by atoms with Gasteiger partial charge in [0.15, 0.2) is 5.76 Å². The van der Waals surface area contributed by atoms with Crippen molar-refractivity contribution in [2.75, 3.05) is 31.6 Å². The van der Waals surface area contributed by atoms with Crippen LogP contribution < -0.4 is 9.64 Å². The number of imide groups is 1. The molecule has 0 atom stereocenters. The zero-order chi connectivity index (χ0) is 17.0. The zero-order valence-corrected chi connectivity index (χ0v) is 14.0. The van der Waals surface area contributed by atoms with Gasteiger partial charge in [-0.2, -0.15) is 0 Å². The van der Waals surface area contributed by atoms with Crippen LogP contribution in [0.3, 0.4) is 0 Å². The van der Waals surface area contributed by atoms with E-state index in [2.05, 4.69) is 18.7 Å². The summed E-state index contributed by atoms with van der Waals surface area (Å²) in [6, 6.07) is 5.73. The number of likely N-dealkylation sites (N-methyl/N-ethyl adjacent to an activating group) is 1. The van der Waals surface area contributed by atoms with Crippen molar-refractivity contribution >= 4 is 23.8 Å². The van der Waals surface area contributed by atoms with Crippen LogP contribution in [0.4, 0.5) is 10.5 Å². The maximum atomic E-state index is 12.1. The van der Waals surface area contributed by atoms with Gasteiger partial charge in [0.2, 0.25) is 0 Å². The van der Waals surface area contributed by atoms with E-state index in [0.29, 0.717) is 11.3 Å². The lowest BCUT2D eigenvalue weighted by Crippen LogP contribution is -2.28. The van der Waals surface area contributed by atoms with Gasteiger partial charge in [-0.1, -0.05) is 0 Å². The maximum absolute atomic E-state index is 12.1. The van der Waals surface area contributed by atoms with Gasteiger partial charge in [0, 0.05) is 37.0 Å². The van der Waals surface area contributed by atoms with Crippen molar-refractivity contribution < 1.29 is 19.1 Å². The van der Waals surface area contributed by atoms with Crippen molar-refractivity contribution in [2.45, 2.75) is 20.8 Å². The van der Waals surface area contributed by atoms with Gasteiger partial charge in [0.25, 0.3) is 5.91 Å². The predicted octanol–water partition coefficient (Wildman–Crippen LogP) is 2.88. The smallest absolute Gasteiger partial charge is 0.422 e. The van der Waals surface area contributed by atoms with E-state index in [4.69, 9.17) is 9.47 Å². The number of amides is 2. The quantitative estimate of drug-likeness (QED) is 0.755. The molecule has 1 heterocycles. The highest BCUT2D eigenvalue weighted by Crippen LogP contribution is 2.29. The topological polar surface area (TPSA) is 59.1 Å². The number of cyclic esters (lactones) is 1. The van der Waals surface area contributed by atoms with E-state index in [9.17, 15) is 9.59 Å². The molecule has 0 radical (unpaired) electrons. The molecule has 2 amide bonds. The number of benzene rings is 1. The fourth-order valence-corrected chi connectivity index (χ4v) is 2.52. The standard InChI is InChI=1S/C17H22N2O4/c1-5-18(6-2)13-9-8-12(14(11-13)22-4)10-15-16(20)19(7-3)17(21)23-15/h8-11H,5-7H2,1-4H3. The molecule has 124 valence electrons. The Morgan fingerprint density at radius 2 is 1.91 bits per heavy atom. The Labute approximate surface area is 136 Å². The van der Waals surface area contributed by atoms with Crippen molar-refractivity contribution in [2.24, 2.45) is 0 Å². The van der Waals surface area contributed by atoms with Gasteiger partial charge < -0.3 is 14.4 Å². The molecule has 1 aliphatic heterocycles. The first-order valence-corrected chi connectivity index (χ1v) is 7.74. The lowest BCUT2D eigenvalue weighted by atomic mass is 10.1. The third kappa shape index (κ3) is 3.31. The van der Waals surface area contributed by atoms with Gasteiger partial charge in [-0.15, -0.1) is 0 Å². The molecule has 23 heavy (non-hydrogen) atoms. The summed E-state index contributed by atoms with van der Waals surface area (Å²) < 4.78 is 10.4. The first-order chi connectivity index (χ1) is 11.0. The molecule has 0 saturated carbocycles. The molecule has 0 bridgehead atoms. The second-order valence-electron chi connectivity index (χ2n) is 5.02. The number of carbonyl (C=O) groups is 2. The summed E-state index contributed by atoms with van der Waals surface area (Å²) in [5, 5.41) is 0. The molecule has 2 rings (SSSR count). The van der Waals surface area contributed by atoms with Crippen molar-refractivity contribution in [3.63, 3.8) is 0 Å². The minimum Gasteiger partial charge on any atom is -0.496 e. The van der Waals surface area contributed by atoms with Crippen LogP contribution in [0, 0.1) is 0 Å². The van der Waals surface area contributed by atoms with Crippen molar-refractivity contribution in [3.8, 4) is 5.75 Å². The lowest BCUT2D eigenvalue weighted by Gasteiger charge is -2.22. The average Bonchev–Trinajstić information content (AvgIpc) is 2.83. The Morgan fingerprint density at radius 1 is 1.22 bits per heavy atom. The second-order valence-corrected chi connectivity index (χ2v) is 5.02. The van der Waals surface area contributed by atoms with E-state index in [1.807, 2.05) is 18.2 Å². The Balaban J connectivity index is 2.35. The van der Waals surface area contributed by atoms with Gasteiger partial charge in [-0.3, -0.25) is 4.79 Å². The fraction of sp³-hybridized carbons (Fsp3) is 0.412. The number of rotatable bonds is 6. The Bertz CT molecular complexity index is 635. The highest BCUT2D eigenvalue weighted by molar-refractivity contribution is 6.10. The van der Waals surface area contributed by atoms with E-state index < -0.39 is 12.0 Å². The highest BCUT2D eigenvalue weighted by atomic mass is 16.6. The predicted molar refractivity (Wildman–Crippen MR) is 88.4 cm³/mol. The molecule has 1 aromatic rings. The van der Waals surface area contributed by atoms with Crippen LogP contribution in [-0.4, -0.2) is 43.6 Å². The van der Waals surface area contributed by atoms with Crippen LogP contribution in [0.2, 0.25) is 0 Å². The summed E-state index contributed by atoms with van der Waals surface area (Å²) in [7, 11) is 1.57. The summed E-state index contributed by atoms with van der Waals surface area (Å²) in [4.78, 5) is 26.9. The molecule has 0 N–H and O–H groups in total. The Hall–Kier alpha value is -2.50. The molecule has 0 unspecified atom stereocenters. The SMILES string of the molecule is CCN1C(=O)OC(=Cc2ccc(N(CC)CC)cc2OC)C1=O. The van der Waals surface area contributed by atoms with Gasteiger partial charge in [-0.05, 0) is 39.0 Å². The molecular formula is C17H22N2O4. The second kappa shape index (κ2) is 7.17. The summed E-state index contributed by atoms with van der Waals surface area (Å²) >= 11 is 0. The van der Waals surface area contributed by atoms with E-state index in [1.165, 1.54) is 0 Å². The van der Waals surface area contributed by atoms with Crippen molar-refractivity contribution in [3.05, 3.63) is 29.5 Å². The summed E-state index contributed by atoms with van der Waals surface area (Å²) in [6.45, 7) is 7.96. The Morgan fingerprint density at radius 3 is 2.43 bits per heavy atom. The molecule has 0 aromatic heterocycles. The minimum absolute atomic E-state index is 0.0192. The largest absolute Gasteiger partial charge is 0.496 e. The molecule has 6 nitrogen and oxygen atoms in total. The molecule has 1 saturated heterocycles.